The third-order valence-electron chi connectivity index (χ3n) is 3.75. The van der Waals surface area contributed by atoms with Crippen molar-refractivity contribution < 1.29 is 9.53 Å². The first-order valence-corrected chi connectivity index (χ1v) is 6.34. The number of ketones is 1. The maximum Gasteiger partial charge on any atom is 0.196 e. The van der Waals surface area contributed by atoms with E-state index in [4.69, 9.17) is 10.00 Å². The molecule has 1 unspecified atom stereocenters. The minimum absolute atomic E-state index is 0.00802. The van der Waals surface area contributed by atoms with Gasteiger partial charge in [-0.25, -0.2) is 0 Å². The summed E-state index contributed by atoms with van der Waals surface area (Å²) in [7, 11) is 0. The highest BCUT2D eigenvalue weighted by Gasteiger charge is 2.39. The largest absolute Gasteiger partial charge is 0.367 e. The third kappa shape index (κ3) is 1.83. The maximum absolute atomic E-state index is 12.6. The Morgan fingerprint density at radius 2 is 2.37 bits per heavy atom. The molecule has 2 aromatic rings. The monoisotopic (exact) mass is 254 g/mol. The molecule has 2 heterocycles. The Morgan fingerprint density at radius 3 is 3.05 bits per heavy atom. The third-order valence-corrected chi connectivity index (χ3v) is 3.75. The van der Waals surface area contributed by atoms with Crippen LogP contribution in [-0.2, 0) is 4.74 Å². The standard InChI is InChI=1S/C15H14N2O2/c1-15(5-2-6-19-15)14(18)12-9-17-13-4-3-10(8-16)7-11(12)13/h3-4,7,9,17H,2,5-6H2,1H3. The summed E-state index contributed by atoms with van der Waals surface area (Å²) in [6.07, 6.45) is 3.37. The second-order valence-corrected chi connectivity index (χ2v) is 5.09. The molecule has 96 valence electrons. The Kier molecular flexibility index (Phi) is 2.65. The fourth-order valence-electron chi connectivity index (χ4n) is 2.62. The summed E-state index contributed by atoms with van der Waals surface area (Å²) in [4.78, 5) is 15.7. The number of Topliss-reactive ketones (excluding diaryl/α,β-unsaturated/α-hetero) is 1. The highest BCUT2D eigenvalue weighted by molar-refractivity contribution is 6.12. The average molecular weight is 254 g/mol. The Bertz CT molecular complexity index is 688. The molecule has 0 amide bonds. The molecule has 1 atom stereocenters. The van der Waals surface area contributed by atoms with Crippen LogP contribution in [0, 0.1) is 11.3 Å². The van der Waals surface area contributed by atoms with Gasteiger partial charge in [-0.3, -0.25) is 4.79 Å². The number of nitrogens with zero attached hydrogens (tertiary/aromatic N) is 1. The van der Waals surface area contributed by atoms with Gasteiger partial charge in [0.25, 0.3) is 0 Å². The predicted octanol–water partition coefficient (Wildman–Crippen LogP) is 2.79. The number of hydrogen-bond donors (Lipinski definition) is 1. The van der Waals surface area contributed by atoms with Gasteiger partial charge in [-0.05, 0) is 38.0 Å². The van der Waals surface area contributed by atoms with Crippen LogP contribution < -0.4 is 0 Å². The lowest BCUT2D eigenvalue weighted by Crippen LogP contribution is -2.34. The Morgan fingerprint density at radius 1 is 1.53 bits per heavy atom. The van der Waals surface area contributed by atoms with Crippen LogP contribution in [0.2, 0.25) is 0 Å². The van der Waals surface area contributed by atoms with Crippen molar-refractivity contribution in [2.75, 3.05) is 6.61 Å². The average Bonchev–Trinajstić information content (AvgIpc) is 3.04. The highest BCUT2D eigenvalue weighted by Crippen LogP contribution is 2.31. The van der Waals surface area contributed by atoms with Gasteiger partial charge in [-0.2, -0.15) is 5.26 Å². The minimum Gasteiger partial charge on any atom is -0.367 e. The molecule has 0 bridgehead atoms. The first kappa shape index (κ1) is 11.9. The molecule has 0 spiro atoms. The predicted molar refractivity (Wildman–Crippen MR) is 70.9 cm³/mol. The van der Waals surface area contributed by atoms with Crippen LogP contribution >= 0.6 is 0 Å². The van der Waals surface area contributed by atoms with Crippen LogP contribution in [-0.4, -0.2) is 23.0 Å². The summed E-state index contributed by atoms with van der Waals surface area (Å²) in [5, 5.41) is 9.75. The number of H-pyrrole nitrogens is 1. The van der Waals surface area contributed by atoms with Gasteiger partial charge in [0.2, 0.25) is 0 Å². The molecular formula is C15H14N2O2. The molecule has 0 saturated carbocycles. The quantitative estimate of drug-likeness (QED) is 0.838. The van der Waals surface area contributed by atoms with Gasteiger partial charge >= 0.3 is 0 Å². The fraction of sp³-hybridized carbons (Fsp3) is 0.333. The van der Waals surface area contributed by atoms with Crippen molar-refractivity contribution in [1.82, 2.24) is 4.98 Å². The fourth-order valence-corrected chi connectivity index (χ4v) is 2.62. The van der Waals surface area contributed by atoms with E-state index in [2.05, 4.69) is 11.1 Å². The summed E-state index contributed by atoms with van der Waals surface area (Å²) in [6.45, 7) is 2.48. The number of hydrogen-bond acceptors (Lipinski definition) is 3. The van der Waals surface area contributed by atoms with Gasteiger partial charge in [0.1, 0.15) is 5.60 Å². The number of rotatable bonds is 2. The topological polar surface area (TPSA) is 65.9 Å². The number of nitrogens with one attached hydrogen (secondary N) is 1. The Labute approximate surface area is 111 Å². The van der Waals surface area contributed by atoms with E-state index in [0.29, 0.717) is 17.7 Å². The van der Waals surface area contributed by atoms with Gasteiger partial charge in [-0.15, -0.1) is 0 Å². The molecule has 0 aliphatic carbocycles. The SMILES string of the molecule is CC1(C(=O)c2c[nH]c3ccc(C#N)cc23)CCCO1. The van der Waals surface area contributed by atoms with Crippen molar-refractivity contribution >= 4 is 16.7 Å². The number of fused-ring (bicyclic) bond motifs is 1. The van der Waals surface area contributed by atoms with Gasteiger partial charge in [0.15, 0.2) is 5.78 Å². The molecule has 1 aromatic carbocycles. The van der Waals surface area contributed by atoms with Gasteiger partial charge in [0.05, 0.1) is 11.6 Å². The molecule has 1 aromatic heterocycles. The van der Waals surface area contributed by atoms with Crippen molar-refractivity contribution in [3.8, 4) is 6.07 Å². The normalized spacial score (nSPS) is 22.5. The van der Waals surface area contributed by atoms with E-state index >= 15 is 0 Å². The smallest absolute Gasteiger partial charge is 0.196 e. The summed E-state index contributed by atoms with van der Waals surface area (Å²) >= 11 is 0. The lowest BCUT2D eigenvalue weighted by molar-refractivity contribution is 0.0215. The van der Waals surface area contributed by atoms with Crippen LogP contribution in [0.1, 0.15) is 35.7 Å². The molecule has 1 N–H and O–H groups in total. The van der Waals surface area contributed by atoms with Crippen LogP contribution in [0.3, 0.4) is 0 Å². The lowest BCUT2D eigenvalue weighted by atomic mass is 9.91. The summed E-state index contributed by atoms with van der Waals surface area (Å²) < 4.78 is 5.60. The lowest BCUT2D eigenvalue weighted by Gasteiger charge is -2.20. The number of ether oxygens (including phenoxy) is 1. The molecule has 19 heavy (non-hydrogen) atoms. The molecule has 0 radical (unpaired) electrons. The van der Waals surface area contributed by atoms with Gasteiger partial charge in [0, 0.05) is 29.3 Å². The van der Waals surface area contributed by atoms with E-state index in [0.717, 1.165) is 23.7 Å². The zero-order valence-electron chi connectivity index (χ0n) is 10.7. The second kappa shape index (κ2) is 4.22. The zero-order valence-corrected chi connectivity index (χ0v) is 10.7. The Hall–Kier alpha value is -2.12. The highest BCUT2D eigenvalue weighted by atomic mass is 16.5. The number of aromatic nitrogens is 1. The van der Waals surface area contributed by atoms with E-state index in [1.165, 1.54) is 0 Å². The van der Waals surface area contributed by atoms with Crippen molar-refractivity contribution in [3.63, 3.8) is 0 Å². The molecule has 1 aliphatic rings. The van der Waals surface area contributed by atoms with Crippen molar-refractivity contribution in [3.05, 3.63) is 35.5 Å². The summed E-state index contributed by atoms with van der Waals surface area (Å²) in [5.41, 5.74) is 1.30. The number of carbonyl (C=O) groups excluding carboxylic acids is 1. The molecule has 1 aliphatic heterocycles. The van der Waals surface area contributed by atoms with Crippen molar-refractivity contribution in [1.29, 1.82) is 5.26 Å². The first-order chi connectivity index (χ1) is 9.14. The number of carbonyl (C=O) groups is 1. The number of nitriles is 1. The Balaban J connectivity index is 2.10. The second-order valence-electron chi connectivity index (χ2n) is 5.09. The number of benzene rings is 1. The van der Waals surface area contributed by atoms with Crippen LogP contribution in [0.25, 0.3) is 10.9 Å². The molecule has 3 rings (SSSR count). The van der Waals surface area contributed by atoms with E-state index in [1.54, 1.807) is 18.3 Å². The van der Waals surface area contributed by atoms with Gasteiger partial charge < -0.3 is 9.72 Å². The molecule has 4 nitrogen and oxygen atoms in total. The summed E-state index contributed by atoms with van der Waals surface area (Å²) in [6, 6.07) is 7.40. The maximum atomic E-state index is 12.6. The van der Waals surface area contributed by atoms with Crippen molar-refractivity contribution in [2.24, 2.45) is 0 Å². The molecule has 4 heteroatoms. The molecule has 1 saturated heterocycles. The molecular weight excluding hydrogens is 240 g/mol. The minimum atomic E-state index is -0.724. The summed E-state index contributed by atoms with van der Waals surface area (Å²) in [5.74, 6) is -0.00802. The van der Waals surface area contributed by atoms with E-state index < -0.39 is 5.60 Å². The van der Waals surface area contributed by atoms with E-state index in [-0.39, 0.29) is 5.78 Å². The van der Waals surface area contributed by atoms with Gasteiger partial charge in [-0.1, -0.05) is 0 Å². The molecule has 1 fully saturated rings. The first-order valence-electron chi connectivity index (χ1n) is 6.34. The van der Waals surface area contributed by atoms with E-state index in [1.807, 2.05) is 13.0 Å². The van der Waals surface area contributed by atoms with E-state index in [9.17, 15) is 4.79 Å². The van der Waals surface area contributed by atoms with Crippen LogP contribution in [0.15, 0.2) is 24.4 Å². The van der Waals surface area contributed by atoms with Crippen molar-refractivity contribution in [2.45, 2.75) is 25.4 Å². The number of aromatic amines is 1. The van der Waals surface area contributed by atoms with Crippen LogP contribution in [0.5, 0.6) is 0 Å². The zero-order chi connectivity index (χ0) is 13.5. The van der Waals surface area contributed by atoms with Crippen LogP contribution in [0.4, 0.5) is 0 Å².